The third-order valence-corrected chi connectivity index (χ3v) is 5.14. The second kappa shape index (κ2) is 8.38. The first kappa shape index (κ1) is 20.3. The number of hydrogen-bond donors (Lipinski definition) is 2. The Balaban J connectivity index is 1.65. The van der Waals surface area contributed by atoms with Crippen molar-refractivity contribution >= 4 is 50.5 Å². The first-order chi connectivity index (χ1) is 14.4. The predicted molar refractivity (Wildman–Crippen MR) is 120 cm³/mol. The third-order valence-electron chi connectivity index (χ3n) is 4.29. The van der Waals surface area contributed by atoms with Crippen LogP contribution in [-0.2, 0) is 0 Å². The van der Waals surface area contributed by atoms with E-state index in [2.05, 4.69) is 25.9 Å². The molecule has 0 aliphatic heterocycles. The van der Waals surface area contributed by atoms with E-state index in [1.165, 1.54) is 6.21 Å². The minimum atomic E-state index is -0.0206. The van der Waals surface area contributed by atoms with E-state index in [9.17, 15) is 10.2 Å². The predicted octanol–water partition coefficient (Wildman–Crippen LogP) is 6.47. The standard InChI is InChI=1S/C22H16BrClN2O4/c1-2-29-20-9-14(24)7-13(21(20)28)11-25-15-4-6-19-17(10-15)26-22(30-19)12-3-5-18(27)16(23)8-12/h3-11,27-28H,2H2,1H3. The number of phenolic OH excluding ortho intramolecular Hbond substituents is 2. The summed E-state index contributed by atoms with van der Waals surface area (Å²) in [6.07, 6.45) is 1.52. The fraction of sp³-hybridized carbons (Fsp3) is 0.0909. The van der Waals surface area contributed by atoms with Gasteiger partial charge in [0.15, 0.2) is 17.1 Å². The first-order valence-electron chi connectivity index (χ1n) is 9.03. The van der Waals surface area contributed by atoms with Crippen LogP contribution in [0.4, 0.5) is 5.69 Å². The van der Waals surface area contributed by atoms with Crippen LogP contribution in [0.15, 0.2) is 62.4 Å². The van der Waals surface area contributed by atoms with E-state index < -0.39 is 0 Å². The molecule has 0 bridgehead atoms. The monoisotopic (exact) mass is 486 g/mol. The second-order valence-electron chi connectivity index (χ2n) is 6.37. The number of oxazole rings is 1. The van der Waals surface area contributed by atoms with Gasteiger partial charge in [-0.15, -0.1) is 0 Å². The highest BCUT2D eigenvalue weighted by molar-refractivity contribution is 9.10. The molecular weight excluding hydrogens is 472 g/mol. The number of nitrogens with zero attached hydrogens (tertiary/aromatic N) is 2. The molecule has 1 heterocycles. The van der Waals surface area contributed by atoms with Gasteiger partial charge in [-0.05, 0) is 65.3 Å². The highest BCUT2D eigenvalue weighted by Crippen LogP contribution is 2.34. The van der Waals surface area contributed by atoms with Crippen molar-refractivity contribution in [2.45, 2.75) is 6.92 Å². The largest absolute Gasteiger partial charge is 0.507 e. The van der Waals surface area contributed by atoms with Gasteiger partial charge in [-0.1, -0.05) is 11.6 Å². The minimum absolute atomic E-state index is 0.0206. The summed E-state index contributed by atoms with van der Waals surface area (Å²) in [6, 6.07) is 13.5. The molecule has 0 unspecified atom stereocenters. The van der Waals surface area contributed by atoms with Crippen molar-refractivity contribution in [2.75, 3.05) is 6.61 Å². The molecule has 0 fully saturated rings. The van der Waals surface area contributed by atoms with Crippen molar-refractivity contribution in [3.8, 4) is 28.7 Å². The Morgan fingerprint density at radius 3 is 2.77 bits per heavy atom. The number of aromatic nitrogens is 1. The van der Waals surface area contributed by atoms with Gasteiger partial charge >= 0.3 is 0 Å². The lowest BCUT2D eigenvalue weighted by Crippen LogP contribution is -1.94. The number of benzene rings is 3. The van der Waals surface area contributed by atoms with Gasteiger partial charge < -0.3 is 19.4 Å². The lowest BCUT2D eigenvalue weighted by Gasteiger charge is -2.08. The van der Waals surface area contributed by atoms with Gasteiger partial charge in [0.1, 0.15) is 11.3 Å². The maximum atomic E-state index is 10.3. The van der Waals surface area contributed by atoms with E-state index in [1.807, 2.05) is 6.92 Å². The molecule has 0 atom stereocenters. The lowest BCUT2D eigenvalue weighted by molar-refractivity contribution is 0.318. The molecule has 6 nitrogen and oxygen atoms in total. The van der Waals surface area contributed by atoms with E-state index in [1.54, 1.807) is 48.5 Å². The van der Waals surface area contributed by atoms with Gasteiger partial charge in [-0.25, -0.2) is 4.98 Å². The number of hydrogen-bond acceptors (Lipinski definition) is 6. The zero-order valence-corrected chi connectivity index (χ0v) is 18.1. The number of aliphatic imine (C=N–C) groups is 1. The lowest BCUT2D eigenvalue weighted by atomic mass is 10.2. The molecule has 0 spiro atoms. The molecule has 0 aliphatic carbocycles. The summed E-state index contributed by atoms with van der Waals surface area (Å²) in [4.78, 5) is 8.92. The summed E-state index contributed by atoms with van der Waals surface area (Å²) in [6.45, 7) is 2.24. The van der Waals surface area contributed by atoms with Crippen LogP contribution in [0.2, 0.25) is 5.02 Å². The fourth-order valence-corrected chi connectivity index (χ4v) is 3.46. The first-order valence-corrected chi connectivity index (χ1v) is 10.2. The Hall–Kier alpha value is -3.03. The Labute approximate surface area is 185 Å². The van der Waals surface area contributed by atoms with E-state index >= 15 is 0 Å². The van der Waals surface area contributed by atoms with Gasteiger partial charge in [0.2, 0.25) is 5.89 Å². The summed E-state index contributed by atoms with van der Waals surface area (Å²) in [5, 5.41) is 20.4. The minimum Gasteiger partial charge on any atom is -0.507 e. The number of halogens is 2. The second-order valence-corrected chi connectivity index (χ2v) is 7.66. The molecular formula is C22H16BrClN2O4. The van der Waals surface area contributed by atoms with Crippen molar-refractivity contribution in [2.24, 2.45) is 4.99 Å². The Bertz CT molecular complexity index is 1270. The van der Waals surface area contributed by atoms with Crippen LogP contribution in [0, 0.1) is 0 Å². The number of phenols is 2. The van der Waals surface area contributed by atoms with E-state index in [0.717, 1.165) is 5.56 Å². The molecule has 152 valence electrons. The van der Waals surface area contributed by atoms with Gasteiger partial charge in [-0.2, -0.15) is 0 Å². The molecule has 3 aromatic carbocycles. The van der Waals surface area contributed by atoms with Crippen LogP contribution in [0.25, 0.3) is 22.6 Å². The number of rotatable bonds is 5. The van der Waals surface area contributed by atoms with Crippen molar-refractivity contribution in [3.63, 3.8) is 0 Å². The van der Waals surface area contributed by atoms with Crippen molar-refractivity contribution in [1.82, 2.24) is 4.98 Å². The SMILES string of the molecule is CCOc1cc(Cl)cc(C=Nc2ccc3oc(-c4ccc(O)c(Br)c4)nc3c2)c1O. The average Bonchev–Trinajstić information content (AvgIpc) is 3.15. The van der Waals surface area contributed by atoms with Gasteiger partial charge in [0.05, 0.1) is 16.8 Å². The van der Waals surface area contributed by atoms with Crippen LogP contribution in [-0.4, -0.2) is 28.0 Å². The molecule has 0 radical (unpaired) electrons. The van der Waals surface area contributed by atoms with E-state index in [4.69, 9.17) is 20.8 Å². The molecule has 4 aromatic rings. The van der Waals surface area contributed by atoms with Crippen molar-refractivity contribution < 1.29 is 19.4 Å². The molecule has 2 N–H and O–H groups in total. The van der Waals surface area contributed by atoms with E-state index in [0.29, 0.717) is 50.1 Å². The van der Waals surface area contributed by atoms with Crippen LogP contribution >= 0.6 is 27.5 Å². The maximum absolute atomic E-state index is 10.3. The quantitative estimate of drug-likeness (QED) is 0.315. The maximum Gasteiger partial charge on any atom is 0.227 e. The Morgan fingerprint density at radius 2 is 2.00 bits per heavy atom. The summed E-state index contributed by atoms with van der Waals surface area (Å²) in [7, 11) is 0. The molecule has 4 rings (SSSR count). The summed E-state index contributed by atoms with van der Waals surface area (Å²) < 4.78 is 11.8. The van der Waals surface area contributed by atoms with Crippen LogP contribution in [0.1, 0.15) is 12.5 Å². The average molecular weight is 488 g/mol. The van der Waals surface area contributed by atoms with Crippen LogP contribution in [0.5, 0.6) is 17.2 Å². The van der Waals surface area contributed by atoms with Gasteiger partial charge in [0, 0.05) is 28.4 Å². The highest BCUT2D eigenvalue weighted by Gasteiger charge is 2.12. The zero-order chi connectivity index (χ0) is 21.3. The number of ether oxygens (including phenoxy) is 1. The van der Waals surface area contributed by atoms with Crippen molar-refractivity contribution in [3.05, 3.63) is 63.6 Å². The number of fused-ring (bicyclic) bond motifs is 1. The molecule has 1 aromatic heterocycles. The smallest absolute Gasteiger partial charge is 0.227 e. The molecule has 0 saturated carbocycles. The molecule has 0 amide bonds. The van der Waals surface area contributed by atoms with Crippen molar-refractivity contribution in [1.29, 1.82) is 0 Å². The van der Waals surface area contributed by atoms with E-state index in [-0.39, 0.29) is 11.5 Å². The third kappa shape index (κ3) is 4.13. The molecule has 0 aliphatic rings. The normalized spacial score (nSPS) is 11.4. The Morgan fingerprint density at radius 1 is 1.17 bits per heavy atom. The zero-order valence-electron chi connectivity index (χ0n) is 15.8. The molecule has 30 heavy (non-hydrogen) atoms. The fourth-order valence-electron chi connectivity index (χ4n) is 2.86. The highest BCUT2D eigenvalue weighted by atomic mass is 79.9. The molecule has 0 saturated heterocycles. The number of aromatic hydroxyl groups is 2. The molecule has 8 heteroatoms. The van der Waals surface area contributed by atoms with Crippen LogP contribution in [0.3, 0.4) is 0 Å². The van der Waals surface area contributed by atoms with Gasteiger partial charge in [-0.3, -0.25) is 4.99 Å². The topological polar surface area (TPSA) is 88.1 Å². The Kier molecular flexibility index (Phi) is 5.65. The summed E-state index contributed by atoms with van der Waals surface area (Å²) in [5.41, 5.74) is 3.05. The van der Waals surface area contributed by atoms with Gasteiger partial charge in [0.25, 0.3) is 0 Å². The van der Waals surface area contributed by atoms with Crippen LogP contribution < -0.4 is 4.74 Å². The summed E-state index contributed by atoms with van der Waals surface area (Å²) >= 11 is 9.40. The summed E-state index contributed by atoms with van der Waals surface area (Å²) in [5.74, 6) is 0.861.